The Kier molecular flexibility index (Phi) is 4.96. The molecule has 0 saturated carbocycles. The van der Waals surface area contributed by atoms with Crippen LogP contribution in [-0.4, -0.2) is 53.2 Å². The van der Waals surface area contributed by atoms with E-state index < -0.39 is 0 Å². The van der Waals surface area contributed by atoms with Gasteiger partial charge in [-0.25, -0.2) is 9.97 Å². The number of anilines is 1. The van der Waals surface area contributed by atoms with Crippen molar-refractivity contribution in [2.24, 2.45) is 5.92 Å². The molecule has 1 aliphatic carbocycles. The first-order valence-electron chi connectivity index (χ1n) is 9.29. The number of aromatic nitrogens is 2. The molecule has 1 saturated heterocycles. The summed E-state index contributed by atoms with van der Waals surface area (Å²) in [7, 11) is 0. The van der Waals surface area contributed by atoms with Crippen LogP contribution in [0.15, 0.2) is 42.6 Å². The number of hydrogen-bond acceptors (Lipinski definition) is 5. The quantitative estimate of drug-likeness (QED) is 0.780. The number of carbonyl (C=O) groups is 2. The Bertz CT molecular complexity index is 858. The lowest BCUT2D eigenvalue weighted by molar-refractivity contribution is -0.118. The lowest BCUT2D eigenvalue weighted by Crippen LogP contribution is -2.46. The summed E-state index contributed by atoms with van der Waals surface area (Å²) < 4.78 is 0. The van der Waals surface area contributed by atoms with E-state index in [1.165, 1.54) is 0 Å². The number of nitrogens with zero attached hydrogens (tertiary/aromatic N) is 4. The summed E-state index contributed by atoms with van der Waals surface area (Å²) in [6.45, 7) is 2.77. The highest BCUT2D eigenvalue weighted by Crippen LogP contribution is 2.27. The van der Waals surface area contributed by atoms with Crippen molar-refractivity contribution in [3.63, 3.8) is 0 Å². The molecular weight excluding hydrogens is 340 g/mol. The highest BCUT2D eigenvalue weighted by Gasteiger charge is 2.27. The van der Waals surface area contributed by atoms with Crippen LogP contribution in [0.4, 0.5) is 5.95 Å². The Labute approximate surface area is 158 Å². The third-order valence-electron chi connectivity index (χ3n) is 5.17. The molecule has 1 unspecified atom stereocenters. The van der Waals surface area contributed by atoms with Crippen molar-refractivity contribution in [3.8, 4) is 0 Å². The number of rotatable bonds is 4. The van der Waals surface area contributed by atoms with Crippen LogP contribution in [0, 0.1) is 5.92 Å². The number of benzene rings is 1. The van der Waals surface area contributed by atoms with Crippen molar-refractivity contribution >= 4 is 24.2 Å². The van der Waals surface area contributed by atoms with Gasteiger partial charge < -0.3 is 9.80 Å². The topological polar surface area (TPSA) is 66.4 Å². The fourth-order valence-electron chi connectivity index (χ4n) is 3.59. The predicted octanol–water partition coefficient (Wildman–Crippen LogP) is 2.21. The molecule has 1 atom stereocenters. The van der Waals surface area contributed by atoms with E-state index >= 15 is 0 Å². The Morgan fingerprint density at radius 2 is 1.81 bits per heavy atom. The van der Waals surface area contributed by atoms with Gasteiger partial charge in [0.2, 0.25) is 12.4 Å². The molecule has 6 nitrogen and oxygen atoms in total. The second kappa shape index (κ2) is 7.70. The number of fused-ring (bicyclic) bond motifs is 1. The first kappa shape index (κ1) is 17.4. The number of ketones is 1. The normalized spacial score (nSPS) is 20.0. The Morgan fingerprint density at radius 1 is 1.04 bits per heavy atom. The third kappa shape index (κ3) is 3.89. The molecule has 1 aliphatic heterocycles. The standard InChI is InChI=1S/C21H22N4O2/c26-15-24-8-10-25(11-9-24)21-22-14-18-19(23-21)12-17(13-20(18)27)7-6-16-4-2-1-3-5-16/h1-7,14-15,17H,8-13H2/b7-6+. The first-order valence-corrected chi connectivity index (χ1v) is 9.29. The van der Waals surface area contributed by atoms with E-state index in [4.69, 9.17) is 4.98 Å². The van der Waals surface area contributed by atoms with E-state index in [1.54, 1.807) is 11.1 Å². The number of piperazine rings is 1. The van der Waals surface area contributed by atoms with Crippen molar-refractivity contribution in [3.05, 3.63) is 59.4 Å². The van der Waals surface area contributed by atoms with Gasteiger partial charge in [-0.1, -0.05) is 42.5 Å². The molecule has 27 heavy (non-hydrogen) atoms. The van der Waals surface area contributed by atoms with Crippen LogP contribution < -0.4 is 4.90 Å². The molecule has 1 fully saturated rings. The van der Waals surface area contributed by atoms with E-state index in [9.17, 15) is 9.59 Å². The molecular formula is C21H22N4O2. The molecule has 6 heteroatoms. The fraction of sp³-hybridized carbons (Fsp3) is 0.333. The molecule has 0 spiro atoms. The number of carbonyl (C=O) groups excluding carboxylic acids is 2. The van der Waals surface area contributed by atoms with E-state index in [-0.39, 0.29) is 11.7 Å². The van der Waals surface area contributed by atoms with Gasteiger partial charge in [-0.2, -0.15) is 0 Å². The maximum Gasteiger partial charge on any atom is 0.225 e. The minimum Gasteiger partial charge on any atom is -0.342 e. The molecule has 2 aliphatic rings. The molecule has 1 aromatic heterocycles. The molecule has 1 amide bonds. The summed E-state index contributed by atoms with van der Waals surface area (Å²) in [5.74, 6) is 0.913. The van der Waals surface area contributed by atoms with E-state index in [2.05, 4.69) is 22.0 Å². The lowest BCUT2D eigenvalue weighted by atomic mass is 9.86. The van der Waals surface area contributed by atoms with E-state index in [1.807, 2.05) is 30.3 Å². The number of Topliss-reactive ketones (excluding diaryl/α,β-unsaturated/α-hetero) is 1. The van der Waals surface area contributed by atoms with Gasteiger partial charge in [-0.3, -0.25) is 9.59 Å². The van der Waals surface area contributed by atoms with Crippen molar-refractivity contribution < 1.29 is 9.59 Å². The van der Waals surface area contributed by atoms with Gasteiger partial charge in [0, 0.05) is 38.8 Å². The molecule has 138 valence electrons. The smallest absolute Gasteiger partial charge is 0.225 e. The Balaban J connectivity index is 1.50. The zero-order valence-electron chi connectivity index (χ0n) is 15.1. The van der Waals surface area contributed by atoms with Gasteiger partial charge in [0.25, 0.3) is 0 Å². The van der Waals surface area contributed by atoms with Gasteiger partial charge in [0.1, 0.15) is 0 Å². The van der Waals surface area contributed by atoms with Crippen LogP contribution in [-0.2, 0) is 11.2 Å². The molecule has 2 aromatic rings. The molecule has 0 bridgehead atoms. The zero-order chi connectivity index (χ0) is 18.6. The summed E-state index contributed by atoms with van der Waals surface area (Å²) in [4.78, 5) is 36.3. The van der Waals surface area contributed by atoms with Crippen LogP contribution in [0.5, 0.6) is 0 Å². The van der Waals surface area contributed by atoms with Gasteiger partial charge in [0.15, 0.2) is 5.78 Å². The molecule has 0 N–H and O–H groups in total. The van der Waals surface area contributed by atoms with Crippen molar-refractivity contribution in [1.29, 1.82) is 0 Å². The van der Waals surface area contributed by atoms with E-state index in [0.29, 0.717) is 44.1 Å². The van der Waals surface area contributed by atoms with Crippen LogP contribution in [0.2, 0.25) is 0 Å². The average molecular weight is 362 g/mol. The maximum absolute atomic E-state index is 12.5. The summed E-state index contributed by atoms with van der Waals surface area (Å²) in [5.41, 5.74) is 2.61. The molecule has 4 rings (SSSR count). The van der Waals surface area contributed by atoms with Crippen molar-refractivity contribution in [2.75, 3.05) is 31.1 Å². The zero-order valence-corrected chi connectivity index (χ0v) is 15.1. The largest absolute Gasteiger partial charge is 0.342 e. The van der Waals surface area contributed by atoms with Crippen LogP contribution in [0.1, 0.15) is 28.0 Å². The van der Waals surface area contributed by atoms with Gasteiger partial charge in [-0.05, 0) is 17.9 Å². The minimum atomic E-state index is 0.108. The Hall–Kier alpha value is -3.02. The van der Waals surface area contributed by atoms with Gasteiger partial charge >= 0.3 is 0 Å². The number of hydrogen-bond donors (Lipinski definition) is 0. The molecule has 2 heterocycles. The van der Waals surface area contributed by atoms with Crippen molar-refractivity contribution in [2.45, 2.75) is 12.8 Å². The SMILES string of the molecule is O=CN1CCN(c2ncc3c(n2)CC(/C=C/c2ccccc2)CC3=O)CC1. The summed E-state index contributed by atoms with van der Waals surface area (Å²) >= 11 is 0. The van der Waals surface area contributed by atoms with Gasteiger partial charge in [-0.15, -0.1) is 0 Å². The molecule has 1 aromatic carbocycles. The number of allylic oxidation sites excluding steroid dienone is 1. The fourth-order valence-corrected chi connectivity index (χ4v) is 3.59. The third-order valence-corrected chi connectivity index (χ3v) is 5.17. The van der Waals surface area contributed by atoms with Crippen LogP contribution >= 0.6 is 0 Å². The second-order valence-corrected chi connectivity index (χ2v) is 7.02. The molecule has 0 radical (unpaired) electrons. The maximum atomic E-state index is 12.5. The second-order valence-electron chi connectivity index (χ2n) is 7.02. The number of amides is 1. The predicted molar refractivity (Wildman–Crippen MR) is 103 cm³/mol. The van der Waals surface area contributed by atoms with Crippen molar-refractivity contribution in [1.82, 2.24) is 14.9 Å². The summed E-state index contributed by atoms with van der Waals surface area (Å²) in [6, 6.07) is 10.1. The first-order chi connectivity index (χ1) is 13.2. The Morgan fingerprint density at radius 3 is 2.56 bits per heavy atom. The minimum absolute atomic E-state index is 0.108. The van der Waals surface area contributed by atoms with E-state index in [0.717, 1.165) is 24.1 Å². The summed E-state index contributed by atoms with van der Waals surface area (Å²) in [6.07, 6.45) is 7.98. The van der Waals surface area contributed by atoms with Crippen LogP contribution in [0.3, 0.4) is 0 Å². The lowest BCUT2D eigenvalue weighted by Gasteiger charge is -2.33. The monoisotopic (exact) mass is 362 g/mol. The average Bonchev–Trinajstić information content (AvgIpc) is 2.73. The van der Waals surface area contributed by atoms with Gasteiger partial charge in [0.05, 0.1) is 11.3 Å². The highest BCUT2D eigenvalue weighted by atomic mass is 16.1. The van der Waals surface area contributed by atoms with Crippen LogP contribution in [0.25, 0.3) is 6.08 Å². The summed E-state index contributed by atoms with van der Waals surface area (Å²) in [5, 5.41) is 0. The highest BCUT2D eigenvalue weighted by molar-refractivity contribution is 5.98.